The Bertz CT molecular complexity index is 1230. The number of carbonyl (C=O) groups is 1. The average molecular weight is 462 g/mol. The molecule has 0 unspecified atom stereocenters. The summed E-state index contributed by atoms with van der Waals surface area (Å²) in [5.41, 5.74) is 0.0229. The van der Waals surface area contributed by atoms with Gasteiger partial charge in [-0.25, -0.2) is 8.42 Å². The molecule has 0 saturated carbocycles. The van der Waals surface area contributed by atoms with Gasteiger partial charge in [0, 0.05) is 29.8 Å². The topological polar surface area (TPSA) is 128 Å². The van der Waals surface area contributed by atoms with E-state index in [9.17, 15) is 23.3 Å². The first-order chi connectivity index (χ1) is 14.6. The van der Waals surface area contributed by atoms with Crippen molar-refractivity contribution >= 4 is 44.6 Å². The van der Waals surface area contributed by atoms with Crippen LogP contribution in [0.3, 0.4) is 0 Å². The highest BCUT2D eigenvalue weighted by Gasteiger charge is 2.18. The Morgan fingerprint density at radius 3 is 2.19 bits per heavy atom. The minimum atomic E-state index is -4.05. The van der Waals surface area contributed by atoms with Gasteiger partial charge >= 0.3 is 0 Å². The van der Waals surface area contributed by atoms with Gasteiger partial charge in [-0.3, -0.25) is 19.6 Å². The van der Waals surface area contributed by atoms with Gasteiger partial charge in [-0.15, -0.1) is 0 Å². The fourth-order valence-corrected chi connectivity index (χ4v) is 3.75. The third kappa shape index (κ3) is 5.93. The minimum absolute atomic E-state index is 0.0518. The Hall–Kier alpha value is -3.63. The van der Waals surface area contributed by atoms with Crippen LogP contribution in [0.25, 0.3) is 0 Å². The number of rotatable bonds is 7. The number of nitro benzene ring substituents is 1. The van der Waals surface area contributed by atoms with Crippen molar-refractivity contribution < 1.29 is 22.9 Å². The highest BCUT2D eigenvalue weighted by Crippen LogP contribution is 2.31. The Kier molecular flexibility index (Phi) is 6.42. The van der Waals surface area contributed by atoms with E-state index in [4.69, 9.17) is 16.3 Å². The molecule has 0 aromatic heterocycles. The van der Waals surface area contributed by atoms with Gasteiger partial charge in [-0.05, 0) is 48.5 Å². The second-order valence-electron chi connectivity index (χ2n) is 6.34. The van der Waals surface area contributed by atoms with Crippen LogP contribution in [0, 0.1) is 10.1 Å². The second-order valence-corrected chi connectivity index (χ2v) is 8.46. The van der Waals surface area contributed by atoms with Gasteiger partial charge in [0.25, 0.3) is 15.7 Å². The van der Waals surface area contributed by atoms with E-state index in [1.807, 2.05) is 0 Å². The van der Waals surface area contributed by atoms with E-state index in [2.05, 4.69) is 10.0 Å². The molecule has 2 N–H and O–H groups in total. The number of nitro groups is 1. The maximum Gasteiger partial charge on any atom is 0.275 e. The lowest BCUT2D eigenvalue weighted by molar-refractivity contribution is -0.384. The van der Waals surface area contributed by atoms with Gasteiger partial charge < -0.3 is 10.1 Å². The van der Waals surface area contributed by atoms with Crippen LogP contribution in [-0.2, 0) is 14.8 Å². The number of sulfonamides is 1. The minimum Gasteiger partial charge on any atom is -0.457 e. The van der Waals surface area contributed by atoms with E-state index < -0.39 is 14.9 Å². The van der Waals surface area contributed by atoms with Gasteiger partial charge in [-0.2, -0.15) is 0 Å². The maximum absolute atomic E-state index is 12.7. The zero-order valence-corrected chi connectivity index (χ0v) is 17.6. The zero-order valence-electron chi connectivity index (χ0n) is 16.0. The Labute approximate surface area is 182 Å². The lowest BCUT2D eigenvalue weighted by Gasteiger charge is -2.11. The molecule has 0 aliphatic heterocycles. The number of hydrogen-bond acceptors (Lipinski definition) is 6. The Morgan fingerprint density at radius 1 is 0.968 bits per heavy atom. The van der Waals surface area contributed by atoms with Crippen molar-refractivity contribution in [2.45, 2.75) is 11.8 Å². The fraction of sp³-hybridized carbons (Fsp3) is 0.0500. The molecular weight excluding hydrogens is 446 g/mol. The zero-order chi connectivity index (χ0) is 22.6. The molecule has 11 heteroatoms. The number of halogens is 1. The quantitative estimate of drug-likeness (QED) is 0.384. The van der Waals surface area contributed by atoms with Gasteiger partial charge in [-0.1, -0.05) is 11.6 Å². The van der Waals surface area contributed by atoms with Crippen LogP contribution in [0.1, 0.15) is 6.92 Å². The molecule has 3 rings (SSSR count). The smallest absolute Gasteiger partial charge is 0.275 e. The summed E-state index contributed by atoms with van der Waals surface area (Å²) in [6.45, 7) is 1.33. The van der Waals surface area contributed by atoms with Crippen LogP contribution in [-0.4, -0.2) is 19.2 Å². The van der Waals surface area contributed by atoms with Crippen LogP contribution in [0.2, 0.25) is 5.02 Å². The molecule has 3 aromatic carbocycles. The molecule has 3 aromatic rings. The van der Waals surface area contributed by atoms with Crippen molar-refractivity contribution in [3.63, 3.8) is 0 Å². The number of nitrogens with zero attached hydrogens (tertiary/aromatic N) is 1. The number of amides is 1. The second kappa shape index (κ2) is 9.02. The Balaban J connectivity index is 1.88. The van der Waals surface area contributed by atoms with E-state index in [1.54, 1.807) is 24.3 Å². The molecule has 0 bridgehead atoms. The van der Waals surface area contributed by atoms with Crippen molar-refractivity contribution in [3.8, 4) is 11.5 Å². The van der Waals surface area contributed by atoms with Crippen molar-refractivity contribution in [3.05, 3.63) is 81.9 Å². The summed E-state index contributed by atoms with van der Waals surface area (Å²) in [5, 5.41) is 14.3. The van der Waals surface area contributed by atoms with Gasteiger partial charge in [0.1, 0.15) is 11.5 Å². The highest BCUT2D eigenvalue weighted by molar-refractivity contribution is 7.92. The summed E-state index contributed by atoms with van der Waals surface area (Å²) in [5.74, 6) is 0.140. The molecule has 31 heavy (non-hydrogen) atoms. The third-order valence-electron chi connectivity index (χ3n) is 3.89. The number of carbonyl (C=O) groups excluding carboxylic acids is 1. The largest absolute Gasteiger partial charge is 0.457 e. The van der Waals surface area contributed by atoms with Crippen molar-refractivity contribution in [1.82, 2.24) is 0 Å². The molecule has 160 valence electrons. The van der Waals surface area contributed by atoms with Crippen LogP contribution in [0.4, 0.5) is 17.1 Å². The SMILES string of the molecule is CC(=O)Nc1ccc(S(=O)(=O)Nc2cc(Oc3ccc(Cl)cc3)cc([N+](=O)[O-])c2)cc1. The van der Waals surface area contributed by atoms with Crippen LogP contribution < -0.4 is 14.8 Å². The summed E-state index contributed by atoms with van der Waals surface area (Å²) in [7, 11) is -4.05. The molecule has 0 spiro atoms. The van der Waals surface area contributed by atoms with Crippen molar-refractivity contribution in [1.29, 1.82) is 0 Å². The van der Waals surface area contributed by atoms with Crippen LogP contribution in [0.5, 0.6) is 11.5 Å². The summed E-state index contributed by atoms with van der Waals surface area (Å²) in [6, 6.07) is 15.4. The normalized spacial score (nSPS) is 10.9. The predicted octanol–water partition coefficient (Wildman–Crippen LogP) is 4.80. The van der Waals surface area contributed by atoms with E-state index in [0.29, 0.717) is 16.5 Å². The highest BCUT2D eigenvalue weighted by atomic mass is 35.5. The lowest BCUT2D eigenvalue weighted by Crippen LogP contribution is -2.13. The van der Waals surface area contributed by atoms with Crippen molar-refractivity contribution in [2.75, 3.05) is 10.0 Å². The lowest BCUT2D eigenvalue weighted by atomic mass is 10.2. The van der Waals surface area contributed by atoms with E-state index in [-0.39, 0.29) is 27.9 Å². The van der Waals surface area contributed by atoms with Crippen LogP contribution in [0.15, 0.2) is 71.6 Å². The molecule has 0 fully saturated rings. The van der Waals surface area contributed by atoms with Gasteiger partial charge in [0.15, 0.2) is 0 Å². The third-order valence-corrected chi connectivity index (χ3v) is 5.54. The molecule has 0 radical (unpaired) electrons. The number of benzene rings is 3. The standard InChI is InChI=1S/C20H16ClN3O6S/c1-13(25)22-15-4-8-20(9-5-15)31(28,29)23-16-10-17(24(26)27)12-19(11-16)30-18-6-2-14(21)3-7-18/h2-12,23H,1H3,(H,22,25). The van der Waals surface area contributed by atoms with Gasteiger partial charge in [0.05, 0.1) is 21.6 Å². The molecule has 1 amide bonds. The summed E-state index contributed by atoms with van der Waals surface area (Å²) >= 11 is 5.83. The molecule has 0 aliphatic carbocycles. The molecule has 0 heterocycles. The van der Waals surface area contributed by atoms with Crippen LogP contribution >= 0.6 is 11.6 Å². The summed E-state index contributed by atoms with van der Waals surface area (Å²) in [4.78, 5) is 21.6. The fourth-order valence-electron chi connectivity index (χ4n) is 2.58. The predicted molar refractivity (Wildman–Crippen MR) is 116 cm³/mol. The molecular formula is C20H16ClN3O6S. The van der Waals surface area contributed by atoms with Crippen molar-refractivity contribution in [2.24, 2.45) is 0 Å². The number of nitrogens with one attached hydrogen (secondary N) is 2. The van der Waals surface area contributed by atoms with E-state index >= 15 is 0 Å². The Morgan fingerprint density at radius 2 is 1.61 bits per heavy atom. The monoisotopic (exact) mass is 461 g/mol. The van der Waals surface area contributed by atoms with Gasteiger partial charge in [0.2, 0.25) is 5.91 Å². The molecule has 0 aliphatic rings. The first kappa shape index (κ1) is 22.1. The molecule has 0 atom stereocenters. The number of non-ortho nitro benzene ring substituents is 1. The molecule has 9 nitrogen and oxygen atoms in total. The number of anilines is 2. The maximum atomic E-state index is 12.7. The summed E-state index contributed by atoms with van der Waals surface area (Å²) < 4.78 is 33.3. The van der Waals surface area contributed by atoms with E-state index in [0.717, 1.165) is 6.07 Å². The first-order valence-corrected chi connectivity index (χ1v) is 10.6. The summed E-state index contributed by atoms with van der Waals surface area (Å²) in [6.07, 6.45) is 0. The number of hydrogen-bond donors (Lipinski definition) is 2. The first-order valence-electron chi connectivity index (χ1n) is 8.76. The molecule has 0 saturated heterocycles. The average Bonchev–Trinajstić information content (AvgIpc) is 2.69. The number of ether oxygens (including phenoxy) is 1. The van der Waals surface area contributed by atoms with E-state index in [1.165, 1.54) is 43.3 Å².